The zero-order valence-electron chi connectivity index (χ0n) is 16.1. The fraction of sp³-hybridized carbons (Fsp3) is 0.611. The van der Waals surface area contributed by atoms with Gasteiger partial charge in [-0.15, -0.1) is 34.2 Å². The maximum absolute atomic E-state index is 5.22. The molecule has 0 saturated heterocycles. The molecule has 9 heteroatoms. The van der Waals surface area contributed by atoms with E-state index in [9.17, 15) is 0 Å². The summed E-state index contributed by atoms with van der Waals surface area (Å²) < 4.78 is 7.18. The van der Waals surface area contributed by atoms with Crippen LogP contribution in [0.2, 0.25) is 0 Å². The third-order valence-electron chi connectivity index (χ3n) is 4.44. The Labute approximate surface area is 177 Å². The summed E-state index contributed by atoms with van der Waals surface area (Å²) in [4.78, 5) is 7.15. The number of pyridine rings is 1. The minimum Gasteiger partial charge on any atom is -0.383 e. The summed E-state index contributed by atoms with van der Waals surface area (Å²) in [6.07, 6.45) is 4.57. The van der Waals surface area contributed by atoms with E-state index in [4.69, 9.17) is 4.74 Å². The van der Waals surface area contributed by atoms with E-state index in [0.29, 0.717) is 6.54 Å². The van der Waals surface area contributed by atoms with Crippen LogP contribution in [0.15, 0.2) is 29.4 Å². The molecule has 0 aromatic carbocycles. The van der Waals surface area contributed by atoms with Gasteiger partial charge in [0.1, 0.15) is 6.54 Å². The molecule has 27 heavy (non-hydrogen) atoms. The van der Waals surface area contributed by atoms with E-state index in [-0.39, 0.29) is 24.0 Å². The summed E-state index contributed by atoms with van der Waals surface area (Å²) in [6.45, 7) is 6.99. The Bertz CT molecular complexity index is 717. The molecular formula is C18H30IN7O. The molecule has 0 atom stereocenters. The van der Waals surface area contributed by atoms with Crippen molar-refractivity contribution in [3.63, 3.8) is 0 Å². The number of hydrogen-bond donors (Lipinski definition) is 2. The van der Waals surface area contributed by atoms with Crippen LogP contribution in [0.3, 0.4) is 0 Å². The van der Waals surface area contributed by atoms with Crippen molar-refractivity contribution in [2.24, 2.45) is 4.99 Å². The number of guanidine groups is 1. The summed E-state index contributed by atoms with van der Waals surface area (Å²) >= 11 is 0. The first-order valence-electron chi connectivity index (χ1n) is 9.35. The molecule has 8 nitrogen and oxygen atoms in total. The van der Waals surface area contributed by atoms with Crippen molar-refractivity contribution in [1.29, 1.82) is 0 Å². The molecule has 1 aliphatic carbocycles. The molecule has 2 aromatic heterocycles. The normalized spacial score (nSPS) is 14.4. The molecule has 0 bridgehead atoms. The minimum absolute atomic E-state index is 0. The van der Waals surface area contributed by atoms with E-state index in [1.54, 1.807) is 7.11 Å². The first-order valence-corrected chi connectivity index (χ1v) is 9.35. The quantitative estimate of drug-likeness (QED) is 0.301. The second-order valence-electron chi connectivity index (χ2n) is 6.43. The van der Waals surface area contributed by atoms with E-state index in [2.05, 4.69) is 37.6 Å². The molecule has 1 aliphatic rings. The van der Waals surface area contributed by atoms with Gasteiger partial charge in [0.2, 0.25) is 0 Å². The molecule has 2 heterocycles. The van der Waals surface area contributed by atoms with E-state index < -0.39 is 0 Å². The van der Waals surface area contributed by atoms with Gasteiger partial charge in [0.05, 0.1) is 6.61 Å². The largest absolute Gasteiger partial charge is 0.383 e. The minimum atomic E-state index is 0. The topological polar surface area (TPSA) is 79.1 Å². The zero-order valence-corrected chi connectivity index (χ0v) is 18.4. The molecule has 0 unspecified atom stereocenters. The number of fused-ring (bicyclic) bond motifs is 1. The van der Waals surface area contributed by atoms with Gasteiger partial charge in [-0.1, -0.05) is 6.07 Å². The lowest BCUT2D eigenvalue weighted by molar-refractivity contribution is 0.144. The van der Waals surface area contributed by atoms with Crippen LogP contribution in [-0.2, 0) is 11.3 Å². The van der Waals surface area contributed by atoms with Crippen LogP contribution in [0.1, 0.15) is 25.6 Å². The van der Waals surface area contributed by atoms with Crippen molar-refractivity contribution >= 4 is 35.6 Å². The van der Waals surface area contributed by atoms with Gasteiger partial charge in [-0.25, -0.2) is 4.99 Å². The van der Waals surface area contributed by atoms with Crippen molar-refractivity contribution in [3.05, 3.63) is 30.2 Å². The van der Waals surface area contributed by atoms with Crippen LogP contribution in [0.4, 0.5) is 0 Å². The molecule has 1 saturated carbocycles. The van der Waals surface area contributed by atoms with E-state index in [0.717, 1.165) is 56.3 Å². The Hall–Kier alpha value is -1.46. The van der Waals surface area contributed by atoms with Gasteiger partial charge in [0.25, 0.3) is 0 Å². The van der Waals surface area contributed by atoms with E-state index >= 15 is 0 Å². The molecule has 0 aliphatic heterocycles. The van der Waals surface area contributed by atoms with Gasteiger partial charge in [0, 0.05) is 45.5 Å². The molecule has 3 rings (SSSR count). The predicted octanol–water partition coefficient (Wildman–Crippen LogP) is 1.51. The molecule has 0 radical (unpaired) electrons. The van der Waals surface area contributed by atoms with Crippen LogP contribution in [0, 0.1) is 0 Å². The molecule has 0 spiro atoms. The second-order valence-corrected chi connectivity index (χ2v) is 6.43. The van der Waals surface area contributed by atoms with Crippen molar-refractivity contribution in [2.75, 3.05) is 39.9 Å². The zero-order chi connectivity index (χ0) is 18.2. The number of halogens is 1. The third kappa shape index (κ3) is 6.58. The molecule has 0 amide bonds. The van der Waals surface area contributed by atoms with Gasteiger partial charge >= 0.3 is 0 Å². The number of nitrogens with zero attached hydrogens (tertiary/aromatic N) is 5. The SMILES string of the molecule is CCNC(=NCc1nnc2ccccn12)NCCN(CCOC)C1CC1.I. The number of methoxy groups -OCH3 is 1. The van der Waals surface area contributed by atoms with Crippen molar-refractivity contribution in [2.45, 2.75) is 32.4 Å². The molecule has 2 aromatic rings. The summed E-state index contributed by atoms with van der Waals surface area (Å²) in [5.74, 6) is 1.64. The number of aliphatic imine (C=N–C) groups is 1. The predicted molar refractivity (Wildman–Crippen MR) is 118 cm³/mol. The van der Waals surface area contributed by atoms with Crippen molar-refractivity contribution in [1.82, 2.24) is 30.1 Å². The van der Waals surface area contributed by atoms with Crippen LogP contribution in [-0.4, -0.2) is 71.4 Å². The summed E-state index contributed by atoms with van der Waals surface area (Å²) in [6, 6.07) is 6.60. The lowest BCUT2D eigenvalue weighted by Crippen LogP contribution is -2.42. The summed E-state index contributed by atoms with van der Waals surface area (Å²) in [7, 11) is 1.76. The number of rotatable bonds is 10. The molecule has 2 N–H and O–H groups in total. The lowest BCUT2D eigenvalue weighted by atomic mass is 10.4. The standard InChI is InChI=1S/C18H29N7O.HI/c1-3-19-18(20-9-11-24(12-13-26-2)15-7-8-15)21-14-17-23-22-16-6-4-5-10-25(16)17;/h4-6,10,15H,3,7-9,11-14H2,1-2H3,(H2,19,20,21);1H. The maximum atomic E-state index is 5.22. The van der Waals surface area contributed by atoms with Crippen LogP contribution >= 0.6 is 24.0 Å². The smallest absolute Gasteiger partial charge is 0.191 e. The number of ether oxygens (including phenoxy) is 1. The summed E-state index contributed by atoms with van der Waals surface area (Å²) in [5.41, 5.74) is 0.842. The molecule has 1 fully saturated rings. The van der Waals surface area contributed by atoms with Gasteiger partial charge < -0.3 is 15.4 Å². The van der Waals surface area contributed by atoms with E-state index in [1.165, 1.54) is 12.8 Å². The Morgan fingerprint density at radius 3 is 2.89 bits per heavy atom. The highest BCUT2D eigenvalue weighted by Gasteiger charge is 2.28. The highest BCUT2D eigenvalue weighted by Crippen LogP contribution is 2.25. The van der Waals surface area contributed by atoms with Crippen LogP contribution in [0.5, 0.6) is 0 Å². The van der Waals surface area contributed by atoms with E-state index in [1.807, 2.05) is 28.8 Å². The van der Waals surface area contributed by atoms with Gasteiger partial charge in [0.15, 0.2) is 17.4 Å². The Morgan fingerprint density at radius 2 is 2.15 bits per heavy atom. The fourth-order valence-corrected chi connectivity index (χ4v) is 2.93. The number of hydrogen-bond acceptors (Lipinski definition) is 5. The van der Waals surface area contributed by atoms with Gasteiger partial charge in [-0.3, -0.25) is 9.30 Å². The molecular weight excluding hydrogens is 457 g/mol. The molecule has 150 valence electrons. The Balaban J connectivity index is 0.00000261. The third-order valence-corrected chi connectivity index (χ3v) is 4.44. The fourth-order valence-electron chi connectivity index (χ4n) is 2.93. The second kappa shape index (κ2) is 11.4. The number of nitrogens with one attached hydrogen (secondary N) is 2. The lowest BCUT2D eigenvalue weighted by Gasteiger charge is -2.22. The number of aromatic nitrogens is 3. The van der Waals surface area contributed by atoms with Crippen molar-refractivity contribution < 1.29 is 4.74 Å². The maximum Gasteiger partial charge on any atom is 0.191 e. The monoisotopic (exact) mass is 487 g/mol. The first kappa shape index (κ1) is 21.8. The average molecular weight is 487 g/mol. The van der Waals surface area contributed by atoms with Crippen LogP contribution in [0.25, 0.3) is 5.65 Å². The highest BCUT2D eigenvalue weighted by molar-refractivity contribution is 14.0. The Morgan fingerprint density at radius 1 is 1.30 bits per heavy atom. The average Bonchev–Trinajstić information content (AvgIpc) is 3.42. The van der Waals surface area contributed by atoms with Gasteiger partial charge in [-0.2, -0.15) is 0 Å². The van der Waals surface area contributed by atoms with Crippen molar-refractivity contribution in [3.8, 4) is 0 Å². The summed E-state index contributed by atoms with van der Waals surface area (Å²) in [5, 5.41) is 15.1. The Kier molecular flexibility index (Phi) is 9.22. The highest BCUT2D eigenvalue weighted by atomic mass is 127. The first-order chi connectivity index (χ1) is 12.8. The van der Waals surface area contributed by atoms with Gasteiger partial charge in [-0.05, 0) is 31.9 Å². The van der Waals surface area contributed by atoms with Crippen LogP contribution < -0.4 is 10.6 Å².